The number of aromatic nitrogens is 2. The van der Waals surface area contributed by atoms with Gasteiger partial charge >= 0.3 is 0 Å². The monoisotopic (exact) mass is 254 g/mol. The Morgan fingerprint density at radius 3 is 2.84 bits per heavy atom. The zero-order chi connectivity index (χ0) is 12.8. The molecular weight excluding hydrogens is 232 g/mol. The highest BCUT2D eigenvalue weighted by Crippen LogP contribution is 2.49. The summed E-state index contributed by atoms with van der Waals surface area (Å²) in [6.45, 7) is 3.42. The van der Waals surface area contributed by atoms with Crippen molar-refractivity contribution in [1.29, 1.82) is 0 Å². The van der Waals surface area contributed by atoms with E-state index < -0.39 is 0 Å². The molecule has 2 saturated carbocycles. The Morgan fingerprint density at radius 2 is 2.11 bits per heavy atom. The maximum absolute atomic E-state index is 4.80. The third-order valence-electron chi connectivity index (χ3n) is 5.35. The molecule has 0 aliphatic heterocycles. The molecule has 0 saturated heterocycles. The van der Waals surface area contributed by atoms with Crippen LogP contribution in [0.2, 0.25) is 0 Å². The summed E-state index contributed by atoms with van der Waals surface area (Å²) in [4.78, 5) is 4.80. The lowest BCUT2D eigenvalue weighted by Crippen LogP contribution is -2.18. The number of rotatable bonds is 3. The minimum atomic E-state index is 0.904. The molecule has 0 N–H and O–H groups in total. The first-order valence-corrected chi connectivity index (χ1v) is 7.79. The van der Waals surface area contributed by atoms with Crippen molar-refractivity contribution in [2.75, 3.05) is 0 Å². The van der Waals surface area contributed by atoms with Gasteiger partial charge in [0.1, 0.15) is 5.82 Å². The van der Waals surface area contributed by atoms with Gasteiger partial charge in [-0.25, -0.2) is 4.98 Å². The lowest BCUT2D eigenvalue weighted by molar-refractivity contribution is 0.296. The van der Waals surface area contributed by atoms with E-state index >= 15 is 0 Å². The maximum atomic E-state index is 4.80. The minimum absolute atomic E-state index is 0.904. The zero-order valence-corrected chi connectivity index (χ0v) is 11.7. The molecular formula is C17H22N2. The Kier molecular flexibility index (Phi) is 2.64. The first-order valence-electron chi connectivity index (χ1n) is 7.79. The largest absolute Gasteiger partial charge is 0.328 e. The van der Waals surface area contributed by atoms with Crippen LogP contribution in [-0.2, 0) is 13.0 Å². The van der Waals surface area contributed by atoms with E-state index in [-0.39, 0.29) is 0 Å². The molecule has 2 aromatic rings. The SMILES string of the molecule is CCc1nc2ccccc2n1CC1CC2CCC1C2. The molecule has 4 rings (SSSR count). The molecule has 2 nitrogen and oxygen atoms in total. The lowest BCUT2D eigenvalue weighted by atomic mass is 9.88. The van der Waals surface area contributed by atoms with E-state index in [1.54, 1.807) is 0 Å². The second-order valence-electron chi connectivity index (χ2n) is 6.42. The van der Waals surface area contributed by atoms with Gasteiger partial charge < -0.3 is 4.57 Å². The topological polar surface area (TPSA) is 17.8 Å². The van der Waals surface area contributed by atoms with Crippen molar-refractivity contribution in [3.63, 3.8) is 0 Å². The van der Waals surface area contributed by atoms with E-state index in [9.17, 15) is 0 Å². The fraction of sp³-hybridized carbons (Fsp3) is 0.588. The van der Waals surface area contributed by atoms with Crippen molar-refractivity contribution in [3.8, 4) is 0 Å². The summed E-state index contributed by atoms with van der Waals surface area (Å²) in [6.07, 6.45) is 6.96. The smallest absolute Gasteiger partial charge is 0.109 e. The summed E-state index contributed by atoms with van der Waals surface area (Å²) < 4.78 is 2.50. The summed E-state index contributed by atoms with van der Waals surface area (Å²) in [5.74, 6) is 4.20. The lowest BCUT2D eigenvalue weighted by Gasteiger charge is -2.23. The number of para-hydroxylation sites is 2. The van der Waals surface area contributed by atoms with Crippen molar-refractivity contribution < 1.29 is 0 Å². The summed E-state index contributed by atoms with van der Waals surface area (Å²) in [5.41, 5.74) is 2.50. The van der Waals surface area contributed by atoms with E-state index in [2.05, 4.69) is 35.8 Å². The molecule has 2 heteroatoms. The van der Waals surface area contributed by atoms with Crippen LogP contribution in [0.25, 0.3) is 11.0 Å². The molecule has 3 atom stereocenters. The molecule has 2 aliphatic rings. The normalized spacial score (nSPS) is 29.4. The number of hydrogen-bond donors (Lipinski definition) is 0. The van der Waals surface area contributed by atoms with Crippen LogP contribution in [0.3, 0.4) is 0 Å². The van der Waals surface area contributed by atoms with Gasteiger partial charge in [0.05, 0.1) is 11.0 Å². The average molecular weight is 254 g/mol. The molecule has 1 aromatic carbocycles. The fourth-order valence-corrected chi connectivity index (χ4v) is 4.43. The standard InChI is InChI=1S/C17H22N2/c1-2-17-18-15-5-3-4-6-16(15)19(17)11-14-10-12-7-8-13(14)9-12/h3-6,12-14H,2,7-11H2,1H3. The third-order valence-corrected chi connectivity index (χ3v) is 5.35. The highest BCUT2D eigenvalue weighted by Gasteiger charge is 2.39. The van der Waals surface area contributed by atoms with Gasteiger partial charge in [0.2, 0.25) is 0 Å². The summed E-state index contributed by atoms with van der Waals surface area (Å²) >= 11 is 0. The van der Waals surface area contributed by atoms with Crippen LogP contribution in [0.15, 0.2) is 24.3 Å². The van der Waals surface area contributed by atoms with Gasteiger partial charge in [-0.05, 0) is 49.1 Å². The fourth-order valence-electron chi connectivity index (χ4n) is 4.43. The predicted molar refractivity (Wildman–Crippen MR) is 78.0 cm³/mol. The highest BCUT2D eigenvalue weighted by molar-refractivity contribution is 5.75. The number of imidazole rings is 1. The molecule has 2 fully saturated rings. The Bertz CT molecular complexity index is 598. The Labute approximate surface area is 114 Å². The van der Waals surface area contributed by atoms with E-state index in [1.165, 1.54) is 49.1 Å². The third kappa shape index (κ3) is 1.80. The van der Waals surface area contributed by atoms with Gasteiger partial charge in [-0.1, -0.05) is 25.5 Å². The number of nitrogens with zero attached hydrogens (tertiary/aromatic N) is 2. The molecule has 19 heavy (non-hydrogen) atoms. The first-order chi connectivity index (χ1) is 9.35. The minimum Gasteiger partial charge on any atom is -0.328 e. The van der Waals surface area contributed by atoms with Gasteiger partial charge in [0.15, 0.2) is 0 Å². The highest BCUT2D eigenvalue weighted by atomic mass is 15.1. The van der Waals surface area contributed by atoms with Crippen LogP contribution in [0.1, 0.15) is 38.4 Å². The van der Waals surface area contributed by atoms with E-state index in [4.69, 9.17) is 4.98 Å². The maximum Gasteiger partial charge on any atom is 0.109 e. The van der Waals surface area contributed by atoms with E-state index in [0.717, 1.165) is 24.2 Å². The van der Waals surface area contributed by atoms with Crippen molar-refractivity contribution in [3.05, 3.63) is 30.1 Å². The average Bonchev–Trinajstić information content (AvgIpc) is 3.13. The Hall–Kier alpha value is -1.31. The second kappa shape index (κ2) is 4.36. The number of aryl methyl sites for hydroxylation is 1. The van der Waals surface area contributed by atoms with Crippen molar-refractivity contribution >= 4 is 11.0 Å². The molecule has 100 valence electrons. The summed E-state index contributed by atoms with van der Waals surface area (Å²) in [5, 5.41) is 0. The van der Waals surface area contributed by atoms with Crippen molar-refractivity contribution in [2.45, 2.75) is 45.6 Å². The van der Waals surface area contributed by atoms with E-state index in [0.29, 0.717) is 0 Å². The number of hydrogen-bond acceptors (Lipinski definition) is 1. The molecule has 2 aliphatic carbocycles. The summed E-state index contributed by atoms with van der Waals surface area (Å²) in [6, 6.07) is 8.61. The van der Waals surface area contributed by atoms with Crippen LogP contribution >= 0.6 is 0 Å². The second-order valence-corrected chi connectivity index (χ2v) is 6.42. The first kappa shape index (κ1) is 11.5. The molecule has 0 amide bonds. The van der Waals surface area contributed by atoms with Crippen LogP contribution < -0.4 is 0 Å². The van der Waals surface area contributed by atoms with Gasteiger partial charge in [-0.3, -0.25) is 0 Å². The molecule has 0 radical (unpaired) electrons. The molecule has 2 bridgehead atoms. The predicted octanol–water partition coefficient (Wildman–Crippen LogP) is 4.03. The Balaban J connectivity index is 1.70. The number of fused-ring (bicyclic) bond motifs is 3. The van der Waals surface area contributed by atoms with Crippen LogP contribution in [0.4, 0.5) is 0 Å². The van der Waals surface area contributed by atoms with Crippen LogP contribution in [-0.4, -0.2) is 9.55 Å². The van der Waals surface area contributed by atoms with E-state index in [1.807, 2.05) is 0 Å². The van der Waals surface area contributed by atoms with Gasteiger partial charge in [0.25, 0.3) is 0 Å². The van der Waals surface area contributed by atoms with Gasteiger partial charge in [0, 0.05) is 13.0 Å². The molecule has 1 aromatic heterocycles. The van der Waals surface area contributed by atoms with Gasteiger partial charge in [-0.2, -0.15) is 0 Å². The molecule has 0 spiro atoms. The van der Waals surface area contributed by atoms with Crippen molar-refractivity contribution in [2.24, 2.45) is 17.8 Å². The van der Waals surface area contributed by atoms with Crippen LogP contribution in [0, 0.1) is 17.8 Å². The quantitative estimate of drug-likeness (QED) is 0.808. The summed E-state index contributed by atoms with van der Waals surface area (Å²) in [7, 11) is 0. The molecule has 3 unspecified atom stereocenters. The van der Waals surface area contributed by atoms with Crippen molar-refractivity contribution in [1.82, 2.24) is 9.55 Å². The molecule has 1 heterocycles. The van der Waals surface area contributed by atoms with Gasteiger partial charge in [-0.15, -0.1) is 0 Å². The van der Waals surface area contributed by atoms with Crippen LogP contribution in [0.5, 0.6) is 0 Å². The zero-order valence-electron chi connectivity index (χ0n) is 11.7. The number of benzene rings is 1. The Morgan fingerprint density at radius 1 is 1.21 bits per heavy atom.